The van der Waals surface area contributed by atoms with E-state index in [1.165, 1.54) is 83.5 Å². The molecule has 0 aliphatic heterocycles. The van der Waals surface area contributed by atoms with Gasteiger partial charge in [-0.15, -0.1) is 0 Å². The molecule has 0 saturated carbocycles. The summed E-state index contributed by atoms with van der Waals surface area (Å²) in [7, 11) is 0. The first-order valence-corrected chi connectivity index (χ1v) is 12.2. The number of carboxylic acids is 1. The van der Waals surface area contributed by atoms with Crippen molar-refractivity contribution in [3.8, 4) is 0 Å². The van der Waals surface area contributed by atoms with E-state index in [9.17, 15) is 9.59 Å². The van der Waals surface area contributed by atoms with Crippen molar-refractivity contribution in [2.75, 3.05) is 19.6 Å². The van der Waals surface area contributed by atoms with Crippen molar-refractivity contribution >= 4 is 11.9 Å². The van der Waals surface area contributed by atoms with Crippen molar-refractivity contribution in [1.29, 1.82) is 0 Å². The number of nitrogens with two attached hydrogens (primary N) is 1. The molecule has 0 aromatic carbocycles. The fourth-order valence-corrected chi connectivity index (χ4v) is 3.35. The lowest BCUT2D eigenvalue weighted by Crippen LogP contribution is -2.35. The zero-order valence-corrected chi connectivity index (χ0v) is 19.7. The van der Waals surface area contributed by atoms with Gasteiger partial charge in [-0.25, -0.2) is 0 Å². The van der Waals surface area contributed by atoms with Crippen LogP contribution >= 0.6 is 0 Å². The lowest BCUT2D eigenvalue weighted by Gasteiger charge is -2.16. The number of rotatable bonds is 19. The van der Waals surface area contributed by atoms with Crippen LogP contribution in [0, 0.1) is 0 Å². The molecule has 0 aliphatic carbocycles. The van der Waals surface area contributed by atoms with Crippen LogP contribution in [-0.4, -0.2) is 41.5 Å². The van der Waals surface area contributed by atoms with E-state index in [1.807, 2.05) is 13.8 Å². The SMILES string of the molecule is CCCCCCCCCCCCCCCCCC(=O)O.CCN(CC)C(=O)CN. The van der Waals surface area contributed by atoms with E-state index in [1.54, 1.807) is 4.90 Å². The Hall–Kier alpha value is -1.10. The summed E-state index contributed by atoms with van der Waals surface area (Å²) in [5.41, 5.74) is 5.13. The molecule has 5 nitrogen and oxygen atoms in total. The third-order valence-electron chi connectivity index (χ3n) is 5.28. The lowest BCUT2D eigenvalue weighted by atomic mass is 10.0. The zero-order chi connectivity index (χ0) is 22.2. The number of amides is 1. The lowest BCUT2D eigenvalue weighted by molar-refractivity contribution is -0.137. The summed E-state index contributed by atoms with van der Waals surface area (Å²) < 4.78 is 0. The summed E-state index contributed by atoms with van der Waals surface area (Å²) in [6.07, 6.45) is 20.2. The Labute approximate surface area is 180 Å². The largest absolute Gasteiger partial charge is 0.481 e. The third kappa shape index (κ3) is 24.9. The molecule has 174 valence electrons. The minimum Gasteiger partial charge on any atom is -0.481 e. The number of hydrogen-bond acceptors (Lipinski definition) is 3. The second-order valence-corrected chi connectivity index (χ2v) is 7.86. The Morgan fingerprint density at radius 2 is 1.00 bits per heavy atom. The van der Waals surface area contributed by atoms with Gasteiger partial charge in [-0.2, -0.15) is 0 Å². The molecule has 0 unspecified atom stereocenters. The van der Waals surface area contributed by atoms with Crippen molar-refractivity contribution in [3.05, 3.63) is 0 Å². The third-order valence-corrected chi connectivity index (χ3v) is 5.28. The van der Waals surface area contributed by atoms with Gasteiger partial charge in [-0.1, -0.05) is 96.8 Å². The normalized spacial score (nSPS) is 10.3. The molecule has 0 spiro atoms. The summed E-state index contributed by atoms with van der Waals surface area (Å²) in [4.78, 5) is 22.8. The van der Waals surface area contributed by atoms with Crippen molar-refractivity contribution in [3.63, 3.8) is 0 Å². The molecule has 0 aromatic rings. The number of likely N-dealkylation sites (N-methyl/N-ethyl adjacent to an activating group) is 1. The first-order valence-electron chi connectivity index (χ1n) is 12.2. The molecular formula is C24H50N2O3. The molecule has 0 aromatic heterocycles. The van der Waals surface area contributed by atoms with Gasteiger partial charge in [-0.3, -0.25) is 9.59 Å². The Bertz CT molecular complexity index is 358. The summed E-state index contributed by atoms with van der Waals surface area (Å²) >= 11 is 0. The Morgan fingerprint density at radius 1 is 0.655 bits per heavy atom. The molecule has 0 rings (SSSR count). The van der Waals surface area contributed by atoms with E-state index < -0.39 is 5.97 Å². The molecule has 0 radical (unpaired) electrons. The van der Waals surface area contributed by atoms with Gasteiger partial charge in [0.25, 0.3) is 0 Å². The monoisotopic (exact) mass is 414 g/mol. The van der Waals surface area contributed by atoms with Gasteiger partial charge in [0.15, 0.2) is 0 Å². The highest BCUT2D eigenvalue weighted by atomic mass is 16.4. The average Bonchev–Trinajstić information content (AvgIpc) is 2.72. The van der Waals surface area contributed by atoms with Crippen LogP contribution in [0.5, 0.6) is 0 Å². The summed E-state index contributed by atoms with van der Waals surface area (Å²) in [5, 5.41) is 8.52. The fourth-order valence-electron chi connectivity index (χ4n) is 3.35. The first kappa shape index (κ1) is 30.1. The Morgan fingerprint density at radius 3 is 1.24 bits per heavy atom. The van der Waals surface area contributed by atoms with Gasteiger partial charge in [0.1, 0.15) is 0 Å². The van der Waals surface area contributed by atoms with Gasteiger partial charge in [0.05, 0.1) is 6.54 Å². The van der Waals surface area contributed by atoms with Crippen LogP contribution in [0.25, 0.3) is 0 Å². The van der Waals surface area contributed by atoms with Gasteiger partial charge in [0, 0.05) is 19.5 Å². The molecule has 0 aliphatic rings. The molecule has 0 bridgehead atoms. The number of hydrogen-bond donors (Lipinski definition) is 2. The molecular weight excluding hydrogens is 364 g/mol. The van der Waals surface area contributed by atoms with Gasteiger partial charge >= 0.3 is 5.97 Å². The standard InChI is InChI=1S/C18H36O2.C6H14N2O/c1-2-3-4-5-6-7-8-9-10-11-12-13-14-15-16-17-18(19)20;1-3-8(4-2)6(9)5-7/h2-17H2,1H3,(H,19,20);3-5,7H2,1-2H3. The van der Waals surface area contributed by atoms with Crippen LogP contribution in [0.2, 0.25) is 0 Å². The highest BCUT2D eigenvalue weighted by molar-refractivity contribution is 5.77. The Kier molecular flexibility index (Phi) is 25.9. The van der Waals surface area contributed by atoms with Crippen LogP contribution in [-0.2, 0) is 9.59 Å². The summed E-state index contributed by atoms with van der Waals surface area (Å²) in [5.74, 6) is -0.625. The number of carboxylic acid groups (broad SMARTS) is 1. The first-order chi connectivity index (χ1) is 14.0. The van der Waals surface area contributed by atoms with E-state index in [4.69, 9.17) is 10.8 Å². The quantitative estimate of drug-likeness (QED) is 0.248. The van der Waals surface area contributed by atoms with Gasteiger partial charge in [0.2, 0.25) is 5.91 Å². The summed E-state index contributed by atoms with van der Waals surface area (Å²) in [6.45, 7) is 7.79. The fraction of sp³-hybridized carbons (Fsp3) is 0.917. The van der Waals surface area contributed by atoms with Gasteiger partial charge in [-0.05, 0) is 20.3 Å². The average molecular weight is 415 g/mol. The number of unbranched alkanes of at least 4 members (excludes halogenated alkanes) is 14. The second kappa shape index (κ2) is 24.9. The van der Waals surface area contributed by atoms with E-state index in [-0.39, 0.29) is 12.5 Å². The van der Waals surface area contributed by atoms with Crippen LogP contribution in [0.15, 0.2) is 0 Å². The van der Waals surface area contributed by atoms with Crippen molar-refractivity contribution in [2.45, 2.75) is 124 Å². The minimum atomic E-state index is -0.653. The van der Waals surface area contributed by atoms with E-state index in [0.717, 1.165) is 25.9 Å². The topological polar surface area (TPSA) is 83.6 Å². The highest BCUT2D eigenvalue weighted by Gasteiger charge is 2.04. The molecule has 0 atom stereocenters. The maximum absolute atomic E-state index is 10.8. The van der Waals surface area contributed by atoms with Crippen molar-refractivity contribution in [1.82, 2.24) is 4.90 Å². The van der Waals surface area contributed by atoms with Crippen molar-refractivity contribution in [2.24, 2.45) is 5.73 Å². The van der Waals surface area contributed by atoms with Gasteiger partial charge < -0.3 is 15.7 Å². The van der Waals surface area contributed by atoms with Crippen molar-refractivity contribution < 1.29 is 14.7 Å². The smallest absolute Gasteiger partial charge is 0.303 e. The molecule has 0 heterocycles. The van der Waals surface area contributed by atoms with E-state index >= 15 is 0 Å². The van der Waals surface area contributed by atoms with Crippen LogP contribution in [0.1, 0.15) is 124 Å². The molecule has 5 heteroatoms. The molecule has 29 heavy (non-hydrogen) atoms. The minimum absolute atomic E-state index is 0.0278. The van der Waals surface area contributed by atoms with E-state index in [0.29, 0.717) is 6.42 Å². The van der Waals surface area contributed by atoms with Crippen LogP contribution in [0.4, 0.5) is 0 Å². The highest BCUT2D eigenvalue weighted by Crippen LogP contribution is 2.13. The zero-order valence-electron chi connectivity index (χ0n) is 19.7. The van der Waals surface area contributed by atoms with E-state index in [2.05, 4.69) is 6.92 Å². The second-order valence-electron chi connectivity index (χ2n) is 7.86. The van der Waals surface area contributed by atoms with Crippen LogP contribution in [0.3, 0.4) is 0 Å². The Balaban J connectivity index is 0. The maximum Gasteiger partial charge on any atom is 0.303 e. The predicted octanol–water partition coefficient (Wildman–Crippen LogP) is 6.15. The van der Waals surface area contributed by atoms with Crippen LogP contribution < -0.4 is 5.73 Å². The molecule has 1 amide bonds. The number of nitrogens with zero attached hydrogens (tertiary/aromatic N) is 1. The maximum atomic E-state index is 10.8. The molecule has 3 N–H and O–H groups in total. The number of aliphatic carboxylic acids is 1. The number of carbonyl (C=O) groups excluding carboxylic acids is 1. The molecule has 0 saturated heterocycles. The predicted molar refractivity (Wildman–Crippen MR) is 124 cm³/mol. The number of carbonyl (C=O) groups is 2. The summed E-state index contributed by atoms with van der Waals surface area (Å²) in [6, 6.07) is 0. The molecule has 0 fully saturated rings.